The summed E-state index contributed by atoms with van der Waals surface area (Å²) >= 11 is 0. The largest absolute Gasteiger partial charge is 0.394 e. The molecule has 0 atom stereocenters. The lowest BCUT2D eigenvalue weighted by atomic mass is 10.3. The van der Waals surface area contributed by atoms with Gasteiger partial charge in [-0.2, -0.15) is 0 Å². The second-order valence-electron chi connectivity index (χ2n) is 3.09. The monoisotopic (exact) mass is 226 g/mol. The zero-order valence-corrected chi connectivity index (χ0v) is 8.84. The first-order chi connectivity index (χ1) is 7.71. The number of amides is 1. The number of aliphatic hydroxyl groups excluding tert-OH is 2. The molecule has 0 spiro atoms. The number of carbonyl (C=O) groups is 1. The SMILES string of the molecule is CNC(=O)c1ccc(NC(CO)CO)nn1. The number of rotatable bonds is 5. The van der Waals surface area contributed by atoms with Gasteiger partial charge in [-0.1, -0.05) is 0 Å². The Morgan fingerprint density at radius 3 is 2.50 bits per heavy atom. The highest BCUT2D eigenvalue weighted by Crippen LogP contribution is 2.03. The fourth-order valence-electron chi connectivity index (χ4n) is 1.02. The predicted octanol–water partition coefficient (Wildman–Crippen LogP) is -1.40. The lowest BCUT2D eigenvalue weighted by molar-refractivity contribution is 0.0957. The molecule has 1 aromatic heterocycles. The van der Waals surface area contributed by atoms with Gasteiger partial charge < -0.3 is 20.8 Å². The Morgan fingerprint density at radius 1 is 1.38 bits per heavy atom. The van der Waals surface area contributed by atoms with Crippen molar-refractivity contribution in [2.24, 2.45) is 0 Å². The maximum atomic E-state index is 11.1. The summed E-state index contributed by atoms with van der Waals surface area (Å²) in [6.45, 7) is -0.426. The fourth-order valence-corrected chi connectivity index (χ4v) is 1.02. The predicted molar refractivity (Wildman–Crippen MR) is 57.0 cm³/mol. The van der Waals surface area contributed by atoms with Gasteiger partial charge in [-0.3, -0.25) is 4.79 Å². The lowest BCUT2D eigenvalue weighted by Crippen LogP contribution is -2.28. The molecule has 16 heavy (non-hydrogen) atoms. The average Bonchev–Trinajstić information content (AvgIpc) is 2.35. The van der Waals surface area contributed by atoms with E-state index < -0.39 is 6.04 Å². The summed E-state index contributed by atoms with van der Waals surface area (Å²) in [7, 11) is 1.50. The van der Waals surface area contributed by atoms with Crippen molar-refractivity contribution in [1.82, 2.24) is 15.5 Å². The molecule has 0 aliphatic heterocycles. The number of carbonyl (C=O) groups excluding carboxylic acids is 1. The zero-order chi connectivity index (χ0) is 12.0. The van der Waals surface area contributed by atoms with Gasteiger partial charge in [0.1, 0.15) is 5.82 Å². The topological polar surface area (TPSA) is 107 Å². The van der Waals surface area contributed by atoms with Crippen LogP contribution in [0.2, 0.25) is 0 Å². The molecule has 1 amide bonds. The van der Waals surface area contributed by atoms with E-state index in [1.54, 1.807) is 6.07 Å². The molecule has 0 bridgehead atoms. The van der Waals surface area contributed by atoms with Crippen LogP contribution in [0, 0.1) is 0 Å². The van der Waals surface area contributed by atoms with Gasteiger partial charge in [0.2, 0.25) is 0 Å². The maximum absolute atomic E-state index is 11.1. The molecule has 0 aromatic carbocycles. The highest BCUT2D eigenvalue weighted by atomic mass is 16.3. The van der Waals surface area contributed by atoms with Crippen LogP contribution in [0.15, 0.2) is 12.1 Å². The second kappa shape index (κ2) is 5.99. The van der Waals surface area contributed by atoms with Gasteiger partial charge in [0.15, 0.2) is 5.69 Å². The molecular weight excluding hydrogens is 212 g/mol. The molecule has 0 aliphatic carbocycles. The van der Waals surface area contributed by atoms with Gasteiger partial charge in [-0.25, -0.2) is 0 Å². The minimum Gasteiger partial charge on any atom is -0.394 e. The first-order valence-corrected chi connectivity index (χ1v) is 4.75. The van der Waals surface area contributed by atoms with Crippen molar-refractivity contribution >= 4 is 11.7 Å². The van der Waals surface area contributed by atoms with E-state index in [1.165, 1.54) is 13.1 Å². The van der Waals surface area contributed by atoms with Crippen molar-refractivity contribution in [3.63, 3.8) is 0 Å². The van der Waals surface area contributed by atoms with E-state index in [0.717, 1.165) is 0 Å². The molecule has 0 unspecified atom stereocenters. The Morgan fingerprint density at radius 2 is 2.06 bits per heavy atom. The van der Waals surface area contributed by atoms with Crippen molar-refractivity contribution in [2.45, 2.75) is 6.04 Å². The molecule has 0 saturated heterocycles. The van der Waals surface area contributed by atoms with Crippen LogP contribution in [0.4, 0.5) is 5.82 Å². The molecule has 7 heteroatoms. The summed E-state index contributed by atoms with van der Waals surface area (Å²) in [5.74, 6) is 0.0701. The van der Waals surface area contributed by atoms with Crippen LogP contribution >= 0.6 is 0 Å². The van der Waals surface area contributed by atoms with E-state index in [9.17, 15) is 4.79 Å². The standard InChI is InChI=1S/C9H14N4O3/c1-10-9(16)7-2-3-8(13-12-7)11-6(4-14)5-15/h2-3,6,14-15H,4-5H2,1H3,(H,10,16)(H,11,13). The third kappa shape index (κ3) is 3.14. The number of aliphatic hydroxyl groups is 2. The molecule has 1 heterocycles. The summed E-state index contributed by atoms with van der Waals surface area (Å²) in [6.07, 6.45) is 0. The second-order valence-corrected chi connectivity index (χ2v) is 3.09. The molecule has 1 aromatic rings. The Bertz CT molecular complexity index is 337. The molecule has 7 nitrogen and oxygen atoms in total. The quantitative estimate of drug-likeness (QED) is 0.492. The van der Waals surface area contributed by atoms with E-state index in [2.05, 4.69) is 20.8 Å². The highest BCUT2D eigenvalue weighted by Gasteiger charge is 2.08. The molecule has 0 aliphatic rings. The number of hydrogen-bond donors (Lipinski definition) is 4. The van der Waals surface area contributed by atoms with Crippen LogP contribution in [0.5, 0.6) is 0 Å². The summed E-state index contributed by atoms with van der Waals surface area (Å²) in [5.41, 5.74) is 0.206. The van der Waals surface area contributed by atoms with Crippen LogP contribution < -0.4 is 10.6 Å². The van der Waals surface area contributed by atoms with Gasteiger partial charge in [0.25, 0.3) is 5.91 Å². The summed E-state index contributed by atoms with van der Waals surface area (Å²) in [5, 5.41) is 30.3. The van der Waals surface area contributed by atoms with E-state index in [4.69, 9.17) is 10.2 Å². The minimum atomic E-state index is -0.486. The Labute approximate surface area is 92.5 Å². The third-order valence-corrected chi connectivity index (χ3v) is 1.92. The molecule has 0 fully saturated rings. The molecule has 0 saturated carbocycles. The zero-order valence-electron chi connectivity index (χ0n) is 8.84. The number of nitrogens with one attached hydrogen (secondary N) is 2. The Hall–Kier alpha value is -1.73. The fraction of sp³-hybridized carbons (Fsp3) is 0.444. The molecule has 1 rings (SSSR count). The van der Waals surface area contributed by atoms with Crippen molar-refractivity contribution in [3.8, 4) is 0 Å². The van der Waals surface area contributed by atoms with Crippen LogP contribution in [0.3, 0.4) is 0 Å². The van der Waals surface area contributed by atoms with Gasteiger partial charge in [-0.15, -0.1) is 10.2 Å². The molecular formula is C9H14N4O3. The highest BCUT2D eigenvalue weighted by molar-refractivity contribution is 5.91. The van der Waals surface area contributed by atoms with Crippen LogP contribution in [0.25, 0.3) is 0 Å². The van der Waals surface area contributed by atoms with Crippen molar-refractivity contribution in [3.05, 3.63) is 17.8 Å². The van der Waals surface area contributed by atoms with Gasteiger partial charge in [-0.05, 0) is 12.1 Å². The van der Waals surface area contributed by atoms with E-state index in [0.29, 0.717) is 5.82 Å². The Kier molecular flexibility index (Phi) is 4.62. The first-order valence-electron chi connectivity index (χ1n) is 4.75. The molecule has 88 valence electrons. The molecule has 4 N–H and O–H groups in total. The van der Waals surface area contributed by atoms with E-state index in [-0.39, 0.29) is 24.8 Å². The number of nitrogens with zero attached hydrogens (tertiary/aromatic N) is 2. The lowest BCUT2D eigenvalue weighted by Gasteiger charge is -2.13. The van der Waals surface area contributed by atoms with Gasteiger partial charge >= 0.3 is 0 Å². The van der Waals surface area contributed by atoms with E-state index in [1.807, 2.05) is 0 Å². The summed E-state index contributed by atoms with van der Waals surface area (Å²) < 4.78 is 0. The maximum Gasteiger partial charge on any atom is 0.271 e. The smallest absolute Gasteiger partial charge is 0.271 e. The van der Waals surface area contributed by atoms with Crippen LogP contribution in [-0.2, 0) is 0 Å². The number of hydrogen-bond acceptors (Lipinski definition) is 6. The summed E-state index contributed by atoms with van der Waals surface area (Å²) in [4.78, 5) is 11.1. The van der Waals surface area contributed by atoms with Crippen molar-refractivity contribution in [2.75, 3.05) is 25.6 Å². The third-order valence-electron chi connectivity index (χ3n) is 1.92. The van der Waals surface area contributed by atoms with Crippen LogP contribution in [0.1, 0.15) is 10.5 Å². The van der Waals surface area contributed by atoms with Crippen molar-refractivity contribution < 1.29 is 15.0 Å². The van der Waals surface area contributed by atoms with Gasteiger partial charge in [0.05, 0.1) is 19.3 Å². The van der Waals surface area contributed by atoms with Crippen LogP contribution in [-0.4, -0.2) is 52.6 Å². The van der Waals surface area contributed by atoms with Crippen molar-refractivity contribution in [1.29, 1.82) is 0 Å². The van der Waals surface area contributed by atoms with Gasteiger partial charge in [0, 0.05) is 7.05 Å². The Balaban J connectivity index is 2.67. The average molecular weight is 226 g/mol. The van der Waals surface area contributed by atoms with E-state index >= 15 is 0 Å². The summed E-state index contributed by atoms with van der Waals surface area (Å²) in [6, 6.07) is 2.57. The first kappa shape index (κ1) is 12.3. The number of anilines is 1. The number of aromatic nitrogens is 2. The molecule has 0 radical (unpaired) electrons. The minimum absolute atomic E-state index is 0.206. The normalized spacial score (nSPS) is 10.2.